The molecule has 25 heavy (non-hydrogen) atoms. The monoisotopic (exact) mass is 335 g/mol. The van der Waals surface area contributed by atoms with Crippen molar-refractivity contribution in [2.45, 2.75) is 26.1 Å². The van der Waals surface area contributed by atoms with E-state index >= 15 is 0 Å². The summed E-state index contributed by atoms with van der Waals surface area (Å²) in [5, 5.41) is 0. The van der Waals surface area contributed by atoms with E-state index in [1.807, 2.05) is 78.2 Å². The first-order valence-electron chi connectivity index (χ1n) is 8.59. The molecule has 4 rings (SSSR count). The smallest absolute Gasteiger partial charge is 0.254 e. The molecule has 3 aromatic rings. The van der Waals surface area contributed by atoms with Gasteiger partial charge in [-0.05, 0) is 50.2 Å². The van der Waals surface area contributed by atoms with Crippen LogP contribution in [-0.4, -0.2) is 45.7 Å². The number of fused-ring (bicyclic) bond motifs is 1. The summed E-state index contributed by atoms with van der Waals surface area (Å²) >= 11 is 0. The molecule has 1 aliphatic rings. The van der Waals surface area contributed by atoms with E-state index in [9.17, 15) is 4.79 Å². The van der Waals surface area contributed by atoms with E-state index in [-0.39, 0.29) is 18.1 Å². The zero-order valence-electron chi connectivity index (χ0n) is 14.4. The van der Waals surface area contributed by atoms with Gasteiger partial charge in [0.25, 0.3) is 5.91 Å². The van der Waals surface area contributed by atoms with Crippen LogP contribution in [-0.2, 0) is 4.74 Å². The quantitative estimate of drug-likeness (QED) is 0.722. The number of aromatic nitrogens is 2. The van der Waals surface area contributed by atoms with Crippen LogP contribution in [0.2, 0.25) is 0 Å². The second kappa shape index (κ2) is 6.33. The zero-order chi connectivity index (χ0) is 17.4. The molecule has 2 atom stereocenters. The number of rotatable bonds is 2. The second-order valence-electron chi connectivity index (χ2n) is 6.62. The van der Waals surface area contributed by atoms with Crippen LogP contribution in [0.5, 0.6) is 0 Å². The molecule has 0 bridgehead atoms. The minimum Gasteiger partial charge on any atom is -0.372 e. The molecule has 1 amide bonds. The number of amides is 1. The molecule has 1 fully saturated rings. The van der Waals surface area contributed by atoms with Crippen LogP contribution >= 0.6 is 0 Å². The molecule has 0 spiro atoms. The van der Waals surface area contributed by atoms with E-state index in [2.05, 4.69) is 4.98 Å². The minimum atomic E-state index is 0.0593. The average Bonchev–Trinajstić information content (AvgIpc) is 3.04. The van der Waals surface area contributed by atoms with Crippen LogP contribution in [0, 0.1) is 0 Å². The van der Waals surface area contributed by atoms with Crippen molar-refractivity contribution < 1.29 is 9.53 Å². The Hall–Kier alpha value is -2.66. The SMILES string of the molecule is C[C@H]1CN(C(=O)c2ccc(-n3cnc4ccccc43)cc2)C[C@H](C)O1. The number of nitrogens with zero attached hydrogens (tertiary/aromatic N) is 3. The number of carbonyl (C=O) groups is 1. The molecule has 0 saturated carbocycles. The summed E-state index contributed by atoms with van der Waals surface area (Å²) in [4.78, 5) is 19.0. The Kier molecular flexibility index (Phi) is 4.01. The van der Waals surface area contributed by atoms with Crippen LogP contribution in [0.1, 0.15) is 24.2 Å². The molecule has 1 aliphatic heterocycles. The van der Waals surface area contributed by atoms with Gasteiger partial charge in [-0.1, -0.05) is 12.1 Å². The Morgan fingerprint density at radius 2 is 1.72 bits per heavy atom. The van der Waals surface area contributed by atoms with Crippen molar-refractivity contribution in [2.24, 2.45) is 0 Å². The summed E-state index contributed by atoms with van der Waals surface area (Å²) in [5.41, 5.74) is 3.71. The number of carbonyl (C=O) groups excluding carboxylic acids is 1. The maximum Gasteiger partial charge on any atom is 0.254 e. The number of hydrogen-bond acceptors (Lipinski definition) is 3. The van der Waals surface area contributed by atoms with E-state index in [0.29, 0.717) is 18.7 Å². The fourth-order valence-corrected chi connectivity index (χ4v) is 3.46. The summed E-state index contributed by atoms with van der Waals surface area (Å²) in [6.07, 6.45) is 1.96. The molecule has 0 unspecified atom stereocenters. The predicted molar refractivity (Wildman–Crippen MR) is 97.0 cm³/mol. The molecule has 1 aromatic heterocycles. The van der Waals surface area contributed by atoms with Gasteiger partial charge in [-0.25, -0.2) is 4.98 Å². The number of hydrogen-bond donors (Lipinski definition) is 0. The molecule has 5 heteroatoms. The number of imidazole rings is 1. The Bertz CT molecular complexity index is 891. The highest BCUT2D eigenvalue weighted by atomic mass is 16.5. The minimum absolute atomic E-state index is 0.0593. The number of morpholine rings is 1. The molecule has 128 valence electrons. The van der Waals surface area contributed by atoms with Crippen molar-refractivity contribution in [1.82, 2.24) is 14.5 Å². The van der Waals surface area contributed by atoms with Crippen molar-refractivity contribution in [2.75, 3.05) is 13.1 Å². The highest BCUT2D eigenvalue weighted by Crippen LogP contribution is 2.20. The fourth-order valence-electron chi connectivity index (χ4n) is 3.46. The third-order valence-electron chi connectivity index (χ3n) is 4.55. The molecular formula is C20H21N3O2. The van der Waals surface area contributed by atoms with Crippen LogP contribution in [0.15, 0.2) is 54.9 Å². The lowest BCUT2D eigenvalue weighted by Crippen LogP contribution is -2.48. The van der Waals surface area contributed by atoms with Crippen molar-refractivity contribution in [3.8, 4) is 5.69 Å². The molecule has 2 aromatic carbocycles. The van der Waals surface area contributed by atoms with Gasteiger partial charge in [-0.15, -0.1) is 0 Å². The molecule has 1 saturated heterocycles. The van der Waals surface area contributed by atoms with Crippen LogP contribution < -0.4 is 0 Å². The van der Waals surface area contributed by atoms with Gasteiger partial charge < -0.3 is 9.64 Å². The van der Waals surface area contributed by atoms with E-state index < -0.39 is 0 Å². The van der Waals surface area contributed by atoms with Gasteiger partial charge in [-0.2, -0.15) is 0 Å². The third kappa shape index (κ3) is 3.03. The maximum atomic E-state index is 12.8. The summed E-state index contributed by atoms with van der Waals surface area (Å²) in [5.74, 6) is 0.0593. The standard InChI is InChI=1S/C20H21N3O2/c1-14-11-22(12-15(2)25-14)20(24)16-7-9-17(10-8-16)23-13-21-18-5-3-4-6-19(18)23/h3-10,13-15H,11-12H2,1-2H3/t14-,15-/m0/s1. The number of para-hydroxylation sites is 2. The predicted octanol–water partition coefficient (Wildman–Crippen LogP) is 3.27. The normalized spacial score (nSPS) is 20.8. The lowest BCUT2D eigenvalue weighted by atomic mass is 10.1. The Morgan fingerprint density at radius 1 is 1.04 bits per heavy atom. The Balaban J connectivity index is 1.59. The third-order valence-corrected chi connectivity index (χ3v) is 4.55. The largest absolute Gasteiger partial charge is 0.372 e. The Morgan fingerprint density at radius 3 is 2.44 bits per heavy atom. The van der Waals surface area contributed by atoms with Crippen molar-refractivity contribution in [3.05, 3.63) is 60.4 Å². The summed E-state index contributed by atoms with van der Waals surface area (Å²) < 4.78 is 7.74. The lowest BCUT2D eigenvalue weighted by Gasteiger charge is -2.35. The van der Waals surface area contributed by atoms with E-state index in [4.69, 9.17) is 4.74 Å². The molecule has 5 nitrogen and oxygen atoms in total. The average molecular weight is 335 g/mol. The number of benzene rings is 2. The van der Waals surface area contributed by atoms with Gasteiger partial charge in [0.05, 0.1) is 23.2 Å². The highest BCUT2D eigenvalue weighted by Gasteiger charge is 2.26. The van der Waals surface area contributed by atoms with Crippen molar-refractivity contribution >= 4 is 16.9 Å². The van der Waals surface area contributed by atoms with E-state index in [1.165, 1.54) is 0 Å². The van der Waals surface area contributed by atoms with E-state index in [0.717, 1.165) is 16.7 Å². The topological polar surface area (TPSA) is 47.4 Å². The molecule has 0 N–H and O–H groups in total. The van der Waals surface area contributed by atoms with Gasteiger partial charge in [0.1, 0.15) is 6.33 Å². The molecule has 0 aliphatic carbocycles. The zero-order valence-corrected chi connectivity index (χ0v) is 14.4. The van der Waals surface area contributed by atoms with Crippen LogP contribution in [0.25, 0.3) is 16.7 Å². The first-order chi connectivity index (χ1) is 12.1. The Labute approximate surface area is 146 Å². The maximum absolute atomic E-state index is 12.8. The lowest BCUT2D eigenvalue weighted by molar-refractivity contribution is -0.0586. The first-order valence-corrected chi connectivity index (χ1v) is 8.59. The van der Waals surface area contributed by atoms with Gasteiger partial charge >= 0.3 is 0 Å². The molecular weight excluding hydrogens is 314 g/mol. The van der Waals surface area contributed by atoms with Gasteiger partial charge in [0, 0.05) is 24.3 Å². The summed E-state index contributed by atoms with van der Waals surface area (Å²) in [6.45, 7) is 5.28. The first kappa shape index (κ1) is 15.8. The fraction of sp³-hybridized carbons (Fsp3) is 0.300. The second-order valence-corrected chi connectivity index (χ2v) is 6.62. The van der Waals surface area contributed by atoms with Crippen LogP contribution in [0.4, 0.5) is 0 Å². The van der Waals surface area contributed by atoms with Gasteiger partial charge in [0.15, 0.2) is 0 Å². The molecule has 0 radical (unpaired) electrons. The summed E-state index contributed by atoms with van der Waals surface area (Å²) in [6, 6.07) is 15.7. The van der Waals surface area contributed by atoms with Crippen molar-refractivity contribution in [3.63, 3.8) is 0 Å². The molecule has 2 heterocycles. The number of ether oxygens (including phenoxy) is 1. The van der Waals surface area contributed by atoms with Crippen molar-refractivity contribution in [1.29, 1.82) is 0 Å². The summed E-state index contributed by atoms with van der Waals surface area (Å²) in [7, 11) is 0. The van der Waals surface area contributed by atoms with Gasteiger partial charge in [-0.3, -0.25) is 9.36 Å². The van der Waals surface area contributed by atoms with Gasteiger partial charge in [0.2, 0.25) is 0 Å². The highest BCUT2D eigenvalue weighted by molar-refractivity contribution is 5.94. The van der Waals surface area contributed by atoms with Crippen LogP contribution in [0.3, 0.4) is 0 Å². The van der Waals surface area contributed by atoms with E-state index in [1.54, 1.807) is 0 Å².